The molecule has 0 spiro atoms. The van der Waals surface area contributed by atoms with Crippen LogP contribution in [0.4, 0.5) is 0 Å². The third-order valence-electron chi connectivity index (χ3n) is 4.81. The Morgan fingerprint density at radius 3 is 2.59 bits per heavy atom. The lowest BCUT2D eigenvalue weighted by Crippen LogP contribution is -2.39. The van der Waals surface area contributed by atoms with Gasteiger partial charge in [-0.05, 0) is 50.5 Å². The summed E-state index contributed by atoms with van der Waals surface area (Å²) in [6.45, 7) is 9.57. The Hall–Kier alpha value is -0.650. The SMILES string of the molecule is CC1CC(C)CN(CCCCNC(=O)[C@@H]2CC[C@H](CN)O2)C1. The van der Waals surface area contributed by atoms with Crippen LogP contribution in [0, 0.1) is 11.8 Å². The van der Waals surface area contributed by atoms with Gasteiger partial charge < -0.3 is 20.7 Å². The summed E-state index contributed by atoms with van der Waals surface area (Å²) >= 11 is 0. The van der Waals surface area contributed by atoms with Crippen LogP contribution in [0.5, 0.6) is 0 Å². The molecule has 0 aliphatic carbocycles. The molecule has 2 heterocycles. The second-order valence-electron chi connectivity index (χ2n) is 7.26. The fourth-order valence-corrected chi connectivity index (χ4v) is 3.83. The minimum Gasteiger partial charge on any atom is -0.364 e. The molecule has 0 radical (unpaired) electrons. The predicted molar refractivity (Wildman–Crippen MR) is 88.6 cm³/mol. The number of carbonyl (C=O) groups is 1. The molecule has 0 bridgehead atoms. The molecule has 0 aromatic rings. The number of hydrogen-bond acceptors (Lipinski definition) is 4. The highest BCUT2D eigenvalue weighted by molar-refractivity contribution is 5.80. The van der Waals surface area contributed by atoms with Crippen LogP contribution in [0.25, 0.3) is 0 Å². The largest absolute Gasteiger partial charge is 0.364 e. The average Bonchev–Trinajstić information content (AvgIpc) is 2.94. The summed E-state index contributed by atoms with van der Waals surface area (Å²) < 4.78 is 5.60. The van der Waals surface area contributed by atoms with E-state index in [1.807, 2.05) is 0 Å². The molecule has 128 valence electrons. The number of likely N-dealkylation sites (tertiary alicyclic amines) is 1. The van der Waals surface area contributed by atoms with E-state index in [2.05, 4.69) is 24.1 Å². The molecule has 1 amide bonds. The van der Waals surface area contributed by atoms with Gasteiger partial charge in [-0.3, -0.25) is 4.79 Å². The zero-order chi connectivity index (χ0) is 15.9. The van der Waals surface area contributed by atoms with Gasteiger partial charge in [0.25, 0.3) is 0 Å². The molecule has 0 aromatic heterocycles. The molecular formula is C17H33N3O2. The van der Waals surface area contributed by atoms with Crippen LogP contribution in [0.3, 0.4) is 0 Å². The third kappa shape index (κ3) is 5.52. The van der Waals surface area contributed by atoms with Crippen molar-refractivity contribution in [2.45, 2.75) is 58.2 Å². The van der Waals surface area contributed by atoms with Gasteiger partial charge in [0.2, 0.25) is 5.91 Å². The number of nitrogens with zero attached hydrogens (tertiary/aromatic N) is 1. The molecule has 4 atom stereocenters. The van der Waals surface area contributed by atoms with Crippen molar-refractivity contribution in [1.29, 1.82) is 0 Å². The van der Waals surface area contributed by atoms with Crippen LogP contribution in [-0.4, -0.2) is 55.7 Å². The molecule has 0 saturated carbocycles. The normalized spacial score (nSPS) is 33.0. The molecule has 2 rings (SSSR count). The van der Waals surface area contributed by atoms with Crippen molar-refractivity contribution in [3.05, 3.63) is 0 Å². The second-order valence-corrected chi connectivity index (χ2v) is 7.26. The van der Waals surface area contributed by atoms with E-state index in [1.165, 1.54) is 19.5 Å². The van der Waals surface area contributed by atoms with Gasteiger partial charge in [0.1, 0.15) is 6.10 Å². The maximum Gasteiger partial charge on any atom is 0.249 e. The summed E-state index contributed by atoms with van der Waals surface area (Å²) in [6, 6.07) is 0. The Morgan fingerprint density at radius 2 is 1.95 bits per heavy atom. The summed E-state index contributed by atoms with van der Waals surface area (Å²) in [4.78, 5) is 14.5. The van der Waals surface area contributed by atoms with E-state index in [1.54, 1.807) is 0 Å². The molecule has 3 N–H and O–H groups in total. The molecule has 22 heavy (non-hydrogen) atoms. The van der Waals surface area contributed by atoms with E-state index >= 15 is 0 Å². The quantitative estimate of drug-likeness (QED) is 0.697. The second kappa shape index (κ2) is 8.85. The van der Waals surface area contributed by atoms with Crippen LogP contribution in [-0.2, 0) is 9.53 Å². The van der Waals surface area contributed by atoms with Crippen molar-refractivity contribution in [3.8, 4) is 0 Å². The van der Waals surface area contributed by atoms with Crippen molar-refractivity contribution < 1.29 is 9.53 Å². The molecule has 0 aromatic carbocycles. The number of piperidine rings is 1. The fraction of sp³-hybridized carbons (Fsp3) is 0.941. The monoisotopic (exact) mass is 311 g/mol. The van der Waals surface area contributed by atoms with Gasteiger partial charge in [-0.2, -0.15) is 0 Å². The molecule has 5 nitrogen and oxygen atoms in total. The van der Waals surface area contributed by atoms with E-state index in [4.69, 9.17) is 10.5 Å². The van der Waals surface area contributed by atoms with Gasteiger partial charge in [0.05, 0.1) is 6.10 Å². The number of hydrogen-bond donors (Lipinski definition) is 2. The van der Waals surface area contributed by atoms with Gasteiger partial charge in [0, 0.05) is 26.2 Å². The summed E-state index contributed by atoms with van der Waals surface area (Å²) in [5.41, 5.74) is 5.56. The van der Waals surface area contributed by atoms with E-state index in [0.29, 0.717) is 6.54 Å². The smallest absolute Gasteiger partial charge is 0.249 e. The topological polar surface area (TPSA) is 67.6 Å². The molecular weight excluding hydrogens is 278 g/mol. The lowest BCUT2D eigenvalue weighted by Gasteiger charge is -2.34. The number of amides is 1. The zero-order valence-corrected chi connectivity index (χ0v) is 14.2. The first kappa shape index (κ1) is 17.7. The van der Waals surface area contributed by atoms with Crippen molar-refractivity contribution in [3.63, 3.8) is 0 Å². The first-order valence-electron chi connectivity index (χ1n) is 8.94. The lowest BCUT2D eigenvalue weighted by atomic mass is 9.92. The third-order valence-corrected chi connectivity index (χ3v) is 4.81. The maximum atomic E-state index is 12.0. The Morgan fingerprint density at radius 1 is 1.23 bits per heavy atom. The Bertz CT molecular complexity index is 341. The predicted octanol–water partition coefficient (Wildman–Crippen LogP) is 1.37. The highest BCUT2D eigenvalue weighted by Crippen LogP contribution is 2.21. The van der Waals surface area contributed by atoms with Crippen LogP contribution in [0.2, 0.25) is 0 Å². The number of nitrogens with one attached hydrogen (secondary N) is 1. The minimum atomic E-state index is -0.280. The first-order valence-corrected chi connectivity index (χ1v) is 8.94. The van der Waals surface area contributed by atoms with E-state index in [9.17, 15) is 4.79 Å². The van der Waals surface area contributed by atoms with Crippen LogP contribution >= 0.6 is 0 Å². The van der Waals surface area contributed by atoms with E-state index < -0.39 is 0 Å². The van der Waals surface area contributed by atoms with Crippen LogP contribution < -0.4 is 11.1 Å². The van der Waals surface area contributed by atoms with Gasteiger partial charge in [-0.15, -0.1) is 0 Å². The summed E-state index contributed by atoms with van der Waals surface area (Å²) in [5, 5.41) is 3.00. The fourth-order valence-electron chi connectivity index (χ4n) is 3.83. The molecule has 2 unspecified atom stereocenters. The number of unbranched alkanes of at least 4 members (excludes halogenated alkanes) is 1. The Kier molecular flexibility index (Phi) is 7.12. The van der Waals surface area contributed by atoms with Gasteiger partial charge in [-0.1, -0.05) is 13.8 Å². The first-order chi connectivity index (χ1) is 10.6. The van der Waals surface area contributed by atoms with Crippen molar-refractivity contribution in [2.75, 3.05) is 32.7 Å². The summed E-state index contributed by atoms with van der Waals surface area (Å²) in [5.74, 6) is 1.67. The van der Waals surface area contributed by atoms with Gasteiger partial charge in [-0.25, -0.2) is 0 Å². The van der Waals surface area contributed by atoms with Crippen molar-refractivity contribution in [2.24, 2.45) is 17.6 Å². The number of carbonyl (C=O) groups excluding carboxylic acids is 1. The van der Waals surface area contributed by atoms with Crippen molar-refractivity contribution >= 4 is 5.91 Å². The molecule has 2 aliphatic heterocycles. The molecule has 2 fully saturated rings. The molecule has 5 heteroatoms. The number of ether oxygens (including phenoxy) is 1. The number of nitrogens with two attached hydrogens (primary N) is 1. The van der Waals surface area contributed by atoms with E-state index in [-0.39, 0.29) is 18.1 Å². The van der Waals surface area contributed by atoms with Crippen LogP contribution in [0.1, 0.15) is 46.0 Å². The standard InChI is InChI=1S/C17H33N3O2/c1-13-9-14(2)12-20(11-13)8-4-3-7-19-17(21)16-6-5-15(10-18)22-16/h13-16H,3-12,18H2,1-2H3,(H,19,21)/t13?,14?,15-,16+/m1/s1. The molecule has 2 aliphatic rings. The number of rotatable bonds is 7. The summed E-state index contributed by atoms with van der Waals surface area (Å²) in [7, 11) is 0. The Balaban J connectivity index is 1.53. The van der Waals surface area contributed by atoms with Gasteiger partial charge in [0.15, 0.2) is 0 Å². The lowest BCUT2D eigenvalue weighted by molar-refractivity contribution is -0.131. The zero-order valence-electron chi connectivity index (χ0n) is 14.2. The van der Waals surface area contributed by atoms with E-state index in [0.717, 1.165) is 50.6 Å². The minimum absolute atomic E-state index is 0.0381. The highest BCUT2D eigenvalue weighted by atomic mass is 16.5. The summed E-state index contributed by atoms with van der Waals surface area (Å²) in [6.07, 6.45) is 5.04. The van der Waals surface area contributed by atoms with Gasteiger partial charge >= 0.3 is 0 Å². The molecule has 2 saturated heterocycles. The van der Waals surface area contributed by atoms with Crippen LogP contribution in [0.15, 0.2) is 0 Å². The average molecular weight is 311 g/mol. The Labute approximate surface area is 134 Å². The highest BCUT2D eigenvalue weighted by Gasteiger charge is 2.29. The van der Waals surface area contributed by atoms with Crippen molar-refractivity contribution in [1.82, 2.24) is 10.2 Å². The maximum absolute atomic E-state index is 12.0.